The maximum Gasteiger partial charge on any atom is 0.251 e. The zero-order valence-electron chi connectivity index (χ0n) is 15.6. The predicted octanol–water partition coefficient (Wildman–Crippen LogP) is 3.95. The number of hydrogen-bond acceptors (Lipinski definition) is 6. The van der Waals surface area contributed by atoms with Gasteiger partial charge < -0.3 is 10.6 Å². The quantitative estimate of drug-likeness (QED) is 0.712. The van der Waals surface area contributed by atoms with E-state index in [4.69, 9.17) is 0 Å². The SMILES string of the molecule is Cc1nnc(SCC(=O)Nc2cc(C(=O)NC3CCCCC3)ccc2C)s1. The topological polar surface area (TPSA) is 84.0 Å². The van der Waals surface area contributed by atoms with Gasteiger partial charge in [0.15, 0.2) is 4.34 Å². The summed E-state index contributed by atoms with van der Waals surface area (Å²) in [6, 6.07) is 5.69. The molecule has 0 unspecified atom stereocenters. The lowest BCUT2D eigenvalue weighted by molar-refractivity contribution is -0.113. The van der Waals surface area contributed by atoms with Crippen molar-refractivity contribution in [3.05, 3.63) is 34.3 Å². The van der Waals surface area contributed by atoms with Crippen LogP contribution in [0.15, 0.2) is 22.5 Å². The van der Waals surface area contributed by atoms with Crippen molar-refractivity contribution in [1.82, 2.24) is 15.5 Å². The summed E-state index contributed by atoms with van der Waals surface area (Å²) in [7, 11) is 0. The second-order valence-corrected chi connectivity index (χ2v) is 9.17. The highest BCUT2D eigenvalue weighted by molar-refractivity contribution is 8.01. The van der Waals surface area contributed by atoms with Gasteiger partial charge in [-0.3, -0.25) is 9.59 Å². The third-order valence-electron chi connectivity index (χ3n) is 4.55. The van der Waals surface area contributed by atoms with Crippen LogP contribution in [0.2, 0.25) is 0 Å². The van der Waals surface area contributed by atoms with Crippen LogP contribution < -0.4 is 10.6 Å². The van der Waals surface area contributed by atoms with Crippen LogP contribution in [0.5, 0.6) is 0 Å². The highest BCUT2D eigenvalue weighted by Crippen LogP contribution is 2.23. The summed E-state index contributed by atoms with van der Waals surface area (Å²) in [5.41, 5.74) is 2.17. The van der Waals surface area contributed by atoms with Gasteiger partial charge in [0.2, 0.25) is 5.91 Å². The number of amides is 2. The van der Waals surface area contributed by atoms with E-state index in [-0.39, 0.29) is 23.6 Å². The molecular weight excluding hydrogens is 380 g/mol. The van der Waals surface area contributed by atoms with Crippen LogP contribution >= 0.6 is 23.1 Å². The average Bonchev–Trinajstić information content (AvgIpc) is 3.08. The fraction of sp³-hybridized carbons (Fsp3) is 0.474. The van der Waals surface area contributed by atoms with Crippen LogP contribution in [0.25, 0.3) is 0 Å². The summed E-state index contributed by atoms with van der Waals surface area (Å²) in [4.78, 5) is 24.8. The van der Waals surface area contributed by atoms with Crippen LogP contribution in [0.3, 0.4) is 0 Å². The zero-order valence-corrected chi connectivity index (χ0v) is 17.2. The number of hydrogen-bond donors (Lipinski definition) is 2. The second-order valence-electron chi connectivity index (χ2n) is 6.76. The summed E-state index contributed by atoms with van der Waals surface area (Å²) in [6.07, 6.45) is 5.69. The number of nitrogens with zero attached hydrogens (tertiary/aromatic N) is 2. The number of aromatic nitrogens is 2. The number of nitrogens with one attached hydrogen (secondary N) is 2. The number of aryl methyl sites for hydroxylation is 2. The first-order chi connectivity index (χ1) is 13.0. The summed E-state index contributed by atoms with van der Waals surface area (Å²) in [5, 5.41) is 14.8. The van der Waals surface area contributed by atoms with E-state index >= 15 is 0 Å². The maximum absolute atomic E-state index is 12.5. The molecular formula is C19H24N4O2S2. The Labute approximate surface area is 167 Å². The first-order valence-electron chi connectivity index (χ1n) is 9.15. The number of rotatable bonds is 6. The molecule has 8 heteroatoms. The standard InChI is InChI=1S/C19H24N4O2S2/c1-12-8-9-14(18(25)20-15-6-4-3-5-7-15)10-16(12)21-17(24)11-26-19-23-22-13(2)27-19/h8-10,15H,3-7,11H2,1-2H3,(H,20,25)(H,21,24). The minimum Gasteiger partial charge on any atom is -0.349 e. The Bertz CT molecular complexity index is 816. The first kappa shape index (κ1) is 19.8. The predicted molar refractivity (Wildman–Crippen MR) is 110 cm³/mol. The van der Waals surface area contributed by atoms with Crippen molar-refractivity contribution in [3.63, 3.8) is 0 Å². The average molecular weight is 405 g/mol. The Balaban J connectivity index is 1.58. The van der Waals surface area contributed by atoms with Crippen LogP contribution in [0, 0.1) is 13.8 Å². The molecule has 1 aromatic carbocycles. The summed E-state index contributed by atoms with van der Waals surface area (Å²) < 4.78 is 0.778. The van der Waals surface area contributed by atoms with E-state index in [0.29, 0.717) is 11.3 Å². The fourth-order valence-electron chi connectivity index (χ4n) is 3.06. The van der Waals surface area contributed by atoms with Gasteiger partial charge in [0.05, 0.1) is 5.75 Å². The van der Waals surface area contributed by atoms with E-state index in [1.807, 2.05) is 26.0 Å². The Morgan fingerprint density at radius 3 is 2.67 bits per heavy atom. The van der Waals surface area contributed by atoms with Gasteiger partial charge in [0.1, 0.15) is 5.01 Å². The van der Waals surface area contributed by atoms with Crippen molar-refractivity contribution in [2.75, 3.05) is 11.1 Å². The van der Waals surface area contributed by atoms with Crippen LogP contribution in [0.1, 0.15) is 53.0 Å². The van der Waals surface area contributed by atoms with Gasteiger partial charge in [0, 0.05) is 17.3 Å². The number of benzene rings is 1. The third-order valence-corrected chi connectivity index (χ3v) is 6.52. The highest BCUT2D eigenvalue weighted by atomic mass is 32.2. The number of thioether (sulfide) groups is 1. The molecule has 0 radical (unpaired) electrons. The molecule has 2 N–H and O–H groups in total. The van der Waals surface area contributed by atoms with Crippen molar-refractivity contribution >= 4 is 40.6 Å². The molecule has 1 aliphatic carbocycles. The van der Waals surface area contributed by atoms with E-state index < -0.39 is 0 Å². The van der Waals surface area contributed by atoms with Gasteiger partial charge in [-0.1, -0.05) is 48.4 Å². The van der Waals surface area contributed by atoms with Gasteiger partial charge in [-0.25, -0.2) is 0 Å². The lowest BCUT2D eigenvalue weighted by Crippen LogP contribution is -2.36. The monoisotopic (exact) mass is 404 g/mol. The first-order valence-corrected chi connectivity index (χ1v) is 11.0. The molecule has 1 aliphatic rings. The molecule has 2 aromatic rings. The van der Waals surface area contributed by atoms with E-state index in [0.717, 1.165) is 27.8 Å². The van der Waals surface area contributed by atoms with Crippen molar-refractivity contribution in [3.8, 4) is 0 Å². The molecule has 1 saturated carbocycles. The summed E-state index contributed by atoms with van der Waals surface area (Å²) in [5.74, 6) is 0.0592. The Morgan fingerprint density at radius 2 is 1.96 bits per heavy atom. The molecule has 144 valence electrons. The van der Waals surface area contributed by atoms with Gasteiger partial charge in [-0.2, -0.15) is 0 Å². The van der Waals surface area contributed by atoms with E-state index in [1.165, 1.54) is 42.4 Å². The van der Waals surface area contributed by atoms with Crippen molar-refractivity contribution in [2.45, 2.75) is 56.3 Å². The Hall–Kier alpha value is -1.93. The molecule has 0 bridgehead atoms. The van der Waals surface area contributed by atoms with Crippen LogP contribution in [0.4, 0.5) is 5.69 Å². The highest BCUT2D eigenvalue weighted by Gasteiger charge is 2.17. The molecule has 3 rings (SSSR count). The molecule has 0 aliphatic heterocycles. The van der Waals surface area contributed by atoms with Gasteiger partial charge >= 0.3 is 0 Å². The largest absolute Gasteiger partial charge is 0.349 e. The van der Waals surface area contributed by atoms with E-state index in [2.05, 4.69) is 20.8 Å². The summed E-state index contributed by atoms with van der Waals surface area (Å²) >= 11 is 2.83. The molecule has 1 aromatic heterocycles. The van der Waals surface area contributed by atoms with E-state index in [1.54, 1.807) is 6.07 Å². The number of carbonyl (C=O) groups is 2. The van der Waals surface area contributed by atoms with Gasteiger partial charge in [-0.15, -0.1) is 10.2 Å². The van der Waals surface area contributed by atoms with E-state index in [9.17, 15) is 9.59 Å². The fourth-order valence-corrected chi connectivity index (χ4v) is 4.68. The Morgan fingerprint density at radius 1 is 1.19 bits per heavy atom. The second kappa shape index (κ2) is 9.32. The number of anilines is 1. The molecule has 27 heavy (non-hydrogen) atoms. The third kappa shape index (κ3) is 5.77. The molecule has 1 heterocycles. The summed E-state index contributed by atoms with van der Waals surface area (Å²) in [6.45, 7) is 3.80. The van der Waals surface area contributed by atoms with Crippen molar-refractivity contribution < 1.29 is 9.59 Å². The maximum atomic E-state index is 12.5. The molecule has 0 spiro atoms. The molecule has 1 fully saturated rings. The Kier molecular flexibility index (Phi) is 6.84. The van der Waals surface area contributed by atoms with Crippen LogP contribution in [-0.2, 0) is 4.79 Å². The number of carbonyl (C=O) groups excluding carboxylic acids is 2. The smallest absolute Gasteiger partial charge is 0.251 e. The van der Waals surface area contributed by atoms with Crippen molar-refractivity contribution in [2.24, 2.45) is 0 Å². The normalized spacial score (nSPS) is 14.7. The van der Waals surface area contributed by atoms with Crippen LogP contribution in [-0.4, -0.2) is 33.8 Å². The lowest BCUT2D eigenvalue weighted by Gasteiger charge is -2.23. The molecule has 0 atom stereocenters. The van der Waals surface area contributed by atoms with Crippen molar-refractivity contribution in [1.29, 1.82) is 0 Å². The molecule has 2 amide bonds. The van der Waals surface area contributed by atoms with Gasteiger partial charge in [0.25, 0.3) is 5.91 Å². The lowest BCUT2D eigenvalue weighted by atomic mass is 9.95. The minimum absolute atomic E-state index is 0.0730. The molecule has 6 nitrogen and oxygen atoms in total. The molecule has 0 saturated heterocycles. The van der Waals surface area contributed by atoms with Gasteiger partial charge in [-0.05, 0) is 44.4 Å². The minimum atomic E-state index is -0.124. The zero-order chi connectivity index (χ0) is 19.2.